The highest BCUT2D eigenvalue weighted by Crippen LogP contribution is 2.31. The zero-order valence-electron chi connectivity index (χ0n) is 23.0. The molecule has 40 heavy (non-hydrogen) atoms. The summed E-state index contributed by atoms with van der Waals surface area (Å²) in [5, 5.41) is 12.0. The lowest BCUT2D eigenvalue weighted by Gasteiger charge is -2.12. The Balaban J connectivity index is 1.67. The van der Waals surface area contributed by atoms with Gasteiger partial charge < -0.3 is 24.3 Å². The van der Waals surface area contributed by atoms with E-state index in [1.807, 2.05) is 50.2 Å². The molecular weight excluding hydrogens is 508 g/mol. The number of hydrogen-bond acceptors (Lipinski definition) is 7. The average molecular weight is 541 g/mol. The maximum Gasteiger partial charge on any atom is 0.336 e. The number of nitrogens with zero attached hydrogens (tertiary/aromatic N) is 1. The van der Waals surface area contributed by atoms with Gasteiger partial charge in [0, 0.05) is 12.6 Å². The summed E-state index contributed by atoms with van der Waals surface area (Å²) in [6.07, 6.45) is 5.10. The van der Waals surface area contributed by atoms with Crippen LogP contribution in [0.5, 0.6) is 23.0 Å². The zero-order chi connectivity index (χ0) is 28.9. The molecule has 0 fully saturated rings. The quantitative estimate of drug-likeness (QED) is 0.137. The molecule has 0 heterocycles. The fourth-order valence-corrected chi connectivity index (χ4v) is 3.65. The van der Waals surface area contributed by atoms with Crippen molar-refractivity contribution in [1.82, 2.24) is 5.32 Å². The van der Waals surface area contributed by atoms with Crippen molar-refractivity contribution in [3.05, 3.63) is 94.6 Å². The third kappa shape index (κ3) is 8.23. The van der Waals surface area contributed by atoms with E-state index in [1.165, 1.54) is 19.3 Å². The van der Waals surface area contributed by atoms with Gasteiger partial charge in [0.15, 0.2) is 23.0 Å². The summed E-state index contributed by atoms with van der Waals surface area (Å²) in [4.78, 5) is 24.7. The Labute approximate surface area is 234 Å². The average Bonchev–Trinajstić information content (AvgIpc) is 2.97. The summed E-state index contributed by atoms with van der Waals surface area (Å²) in [7, 11) is 2.99. The summed E-state index contributed by atoms with van der Waals surface area (Å²) >= 11 is 0. The zero-order valence-corrected chi connectivity index (χ0v) is 23.0. The Bertz CT molecular complexity index is 1450. The van der Waals surface area contributed by atoms with E-state index in [9.17, 15) is 14.9 Å². The molecule has 0 aliphatic rings. The predicted molar refractivity (Wildman–Crippen MR) is 153 cm³/mol. The summed E-state index contributed by atoms with van der Waals surface area (Å²) in [6.45, 7) is 4.84. The van der Waals surface area contributed by atoms with Gasteiger partial charge in [-0.3, -0.25) is 4.79 Å². The Morgan fingerprint density at radius 2 is 1.60 bits per heavy atom. The maximum absolute atomic E-state index is 12.5. The molecule has 3 aromatic rings. The smallest absolute Gasteiger partial charge is 0.336 e. The molecule has 0 bridgehead atoms. The molecule has 0 aliphatic carbocycles. The number of carbonyl (C=O) groups is 2. The summed E-state index contributed by atoms with van der Waals surface area (Å²) in [5.74, 6) is 0.532. The lowest BCUT2D eigenvalue weighted by molar-refractivity contribution is -0.129. The van der Waals surface area contributed by atoms with Gasteiger partial charge in [0.05, 0.1) is 14.2 Å². The van der Waals surface area contributed by atoms with Crippen LogP contribution in [0.3, 0.4) is 0 Å². The largest absolute Gasteiger partial charge is 0.493 e. The number of nitriles is 1. The second kappa shape index (κ2) is 14.8. The van der Waals surface area contributed by atoms with Gasteiger partial charge in [-0.15, -0.1) is 0 Å². The first-order chi connectivity index (χ1) is 19.4. The molecule has 1 N–H and O–H groups in total. The van der Waals surface area contributed by atoms with Crippen molar-refractivity contribution in [2.45, 2.75) is 26.9 Å². The number of amides is 1. The van der Waals surface area contributed by atoms with Gasteiger partial charge in [0.2, 0.25) is 0 Å². The number of hydrogen-bond donors (Lipinski definition) is 1. The van der Waals surface area contributed by atoms with E-state index < -0.39 is 11.9 Å². The molecule has 1 amide bonds. The molecule has 0 atom stereocenters. The summed E-state index contributed by atoms with van der Waals surface area (Å²) in [5.41, 5.74) is 3.45. The minimum Gasteiger partial charge on any atom is -0.493 e. The van der Waals surface area contributed by atoms with E-state index in [1.54, 1.807) is 43.5 Å². The fourth-order valence-electron chi connectivity index (χ4n) is 3.65. The van der Waals surface area contributed by atoms with Gasteiger partial charge >= 0.3 is 5.97 Å². The first-order valence-corrected chi connectivity index (χ1v) is 12.7. The molecule has 206 valence electrons. The van der Waals surface area contributed by atoms with E-state index in [0.717, 1.165) is 23.1 Å². The van der Waals surface area contributed by atoms with Gasteiger partial charge in [-0.05, 0) is 72.0 Å². The van der Waals surface area contributed by atoms with Crippen LogP contribution in [0.15, 0.2) is 72.3 Å². The van der Waals surface area contributed by atoms with Crippen molar-refractivity contribution >= 4 is 24.0 Å². The van der Waals surface area contributed by atoms with Crippen LogP contribution < -0.4 is 24.3 Å². The van der Waals surface area contributed by atoms with Crippen molar-refractivity contribution in [2.24, 2.45) is 0 Å². The highest BCUT2D eigenvalue weighted by Gasteiger charge is 2.12. The molecule has 0 aromatic heterocycles. The van der Waals surface area contributed by atoms with Crippen molar-refractivity contribution in [1.29, 1.82) is 5.26 Å². The molecule has 3 aromatic carbocycles. The van der Waals surface area contributed by atoms with E-state index in [-0.39, 0.29) is 17.1 Å². The van der Waals surface area contributed by atoms with Crippen LogP contribution in [0.1, 0.15) is 35.6 Å². The van der Waals surface area contributed by atoms with Gasteiger partial charge in [-0.2, -0.15) is 5.26 Å². The molecule has 8 nitrogen and oxygen atoms in total. The molecule has 0 radical (unpaired) electrons. The first kappa shape index (κ1) is 29.5. The van der Waals surface area contributed by atoms with Crippen LogP contribution in [0.25, 0.3) is 12.2 Å². The lowest BCUT2D eigenvalue weighted by atomic mass is 10.1. The van der Waals surface area contributed by atoms with E-state index >= 15 is 0 Å². The van der Waals surface area contributed by atoms with Gasteiger partial charge in [0.25, 0.3) is 5.91 Å². The normalized spacial score (nSPS) is 11.0. The maximum atomic E-state index is 12.5. The number of aryl methyl sites for hydroxylation is 1. The summed E-state index contributed by atoms with van der Waals surface area (Å²) < 4.78 is 22.2. The molecular formula is C32H32N2O6. The number of ether oxygens (including phenoxy) is 4. The van der Waals surface area contributed by atoms with E-state index in [0.29, 0.717) is 30.2 Å². The molecule has 0 spiro atoms. The number of carbonyl (C=O) groups excluding carboxylic acids is 2. The van der Waals surface area contributed by atoms with Crippen molar-refractivity contribution < 1.29 is 28.5 Å². The molecule has 0 saturated carbocycles. The van der Waals surface area contributed by atoms with Crippen molar-refractivity contribution in [2.75, 3.05) is 20.8 Å². The van der Waals surface area contributed by atoms with Crippen LogP contribution >= 0.6 is 0 Å². The third-order valence-corrected chi connectivity index (χ3v) is 5.85. The number of rotatable bonds is 12. The minimum atomic E-state index is -0.614. The number of nitrogens with one attached hydrogen (secondary N) is 1. The molecule has 0 unspecified atom stereocenters. The Kier molecular flexibility index (Phi) is 10.9. The number of benzene rings is 3. The second-order valence-corrected chi connectivity index (χ2v) is 8.72. The summed E-state index contributed by atoms with van der Waals surface area (Å²) in [6, 6.07) is 20.0. The minimum absolute atomic E-state index is 0.0368. The highest BCUT2D eigenvalue weighted by atomic mass is 16.6. The second-order valence-electron chi connectivity index (χ2n) is 8.72. The van der Waals surface area contributed by atoms with Crippen molar-refractivity contribution in [3.8, 4) is 29.1 Å². The SMILES string of the molecule is CCCNC(=O)/C(C#N)=C/c1ccc(OC(=O)/C=C/c2ccc(OCc3ccccc3C)c(OC)c2)c(OC)c1. The molecule has 0 saturated heterocycles. The van der Waals surface area contributed by atoms with Crippen LogP contribution in [0.2, 0.25) is 0 Å². The topological polar surface area (TPSA) is 107 Å². The monoisotopic (exact) mass is 540 g/mol. The third-order valence-electron chi connectivity index (χ3n) is 5.85. The van der Waals surface area contributed by atoms with Crippen LogP contribution in [0.4, 0.5) is 0 Å². The van der Waals surface area contributed by atoms with E-state index in [2.05, 4.69) is 5.32 Å². The standard InChI is InChI=1S/C32H32N2O6/c1-5-16-34-32(36)26(20-33)17-24-11-14-28(30(19-24)38-4)40-31(35)15-12-23-10-13-27(29(18-23)37-3)39-21-25-9-7-6-8-22(25)2/h6-15,17-19H,5,16,21H2,1-4H3,(H,34,36)/b15-12+,26-17+. The first-order valence-electron chi connectivity index (χ1n) is 12.7. The Morgan fingerprint density at radius 1 is 0.925 bits per heavy atom. The molecule has 8 heteroatoms. The van der Waals surface area contributed by atoms with Gasteiger partial charge in [-0.25, -0.2) is 4.79 Å². The Morgan fingerprint density at radius 3 is 2.30 bits per heavy atom. The number of methoxy groups -OCH3 is 2. The Hall–Kier alpha value is -5.03. The van der Waals surface area contributed by atoms with E-state index in [4.69, 9.17) is 18.9 Å². The molecule has 0 aliphatic heterocycles. The van der Waals surface area contributed by atoms with Crippen LogP contribution in [-0.4, -0.2) is 32.6 Å². The van der Waals surface area contributed by atoms with Gasteiger partial charge in [0.1, 0.15) is 18.2 Å². The fraction of sp³-hybridized carbons (Fsp3) is 0.219. The molecule has 3 rings (SSSR count). The predicted octanol–water partition coefficient (Wildman–Crippen LogP) is 5.64. The highest BCUT2D eigenvalue weighted by molar-refractivity contribution is 6.01. The van der Waals surface area contributed by atoms with Crippen LogP contribution in [0, 0.1) is 18.3 Å². The number of esters is 1. The van der Waals surface area contributed by atoms with Crippen LogP contribution in [-0.2, 0) is 16.2 Å². The van der Waals surface area contributed by atoms with Gasteiger partial charge in [-0.1, -0.05) is 43.3 Å². The lowest BCUT2D eigenvalue weighted by Crippen LogP contribution is -2.25. The van der Waals surface area contributed by atoms with Crippen molar-refractivity contribution in [3.63, 3.8) is 0 Å².